The number of anilines is 1. The van der Waals surface area contributed by atoms with Gasteiger partial charge in [0.25, 0.3) is 0 Å². The molecule has 2 aromatic heterocycles. The maximum Gasteiger partial charge on any atom is 0.138 e. The number of halogens is 1. The zero-order valence-electron chi connectivity index (χ0n) is 15.1. The van der Waals surface area contributed by atoms with Crippen LogP contribution in [0.25, 0.3) is 27.7 Å². The van der Waals surface area contributed by atoms with Crippen molar-refractivity contribution in [2.75, 3.05) is 25.1 Å². The molecule has 1 aromatic carbocycles. The van der Waals surface area contributed by atoms with Crippen LogP contribution in [0, 0.1) is 5.82 Å². The van der Waals surface area contributed by atoms with Crippen LogP contribution in [0.15, 0.2) is 36.5 Å². The number of hydrogen-bond donors (Lipinski definition) is 3. The highest BCUT2D eigenvalue weighted by atomic mass is 19.1. The summed E-state index contributed by atoms with van der Waals surface area (Å²) in [6.45, 7) is 1.55. The normalized spacial score (nSPS) is 19.0. The van der Waals surface area contributed by atoms with Gasteiger partial charge in [0.15, 0.2) is 0 Å². The van der Waals surface area contributed by atoms with Crippen molar-refractivity contribution in [3.05, 3.63) is 53.6 Å². The van der Waals surface area contributed by atoms with Gasteiger partial charge in [-0.05, 0) is 41.8 Å². The number of nitrogens with one attached hydrogen (secondary N) is 2. The van der Waals surface area contributed by atoms with Crippen molar-refractivity contribution in [3.63, 3.8) is 0 Å². The van der Waals surface area contributed by atoms with Crippen LogP contribution in [-0.2, 0) is 6.54 Å². The molecule has 0 aliphatic carbocycles. The van der Waals surface area contributed by atoms with E-state index >= 15 is 0 Å². The minimum absolute atomic E-state index is 0.0610. The molecule has 6 heteroatoms. The van der Waals surface area contributed by atoms with E-state index < -0.39 is 0 Å². The lowest BCUT2D eigenvalue weighted by Crippen LogP contribution is -2.35. The van der Waals surface area contributed by atoms with Crippen molar-refractivity contribution in [1.82, 2.24) is 15.3 Å². The van der Waals surface area contributed by atoms with Gasteiger partial charge < -0.3 is 20.3 Å². The third-order valence-electron chi connectivity index (χ3n) is 5.62. The molecule has 0 saturated carbocycles. The van der Waals surface area contributed by atoms with Crippen LogP contribution in [-0.4, -0.2) is 41.3 Å². The van der Waals surface area contributed by atoms with Crippen molar-refractivity contribution < 1.29 is 9.50 Å². The second-order valence-corrected chi connectivity index (χ2v) is 7.30. The summed E-state index contributed by atoms with van der Waals surface area (Å²) in [6.07, 6.45) is 4.71. The Balaban J connectivity index is 1.75. The Morgan fingerprint density at radius 3 is 3.04 bits per heavy atom. The topological polar surface area (TPSA) is 64.2 Å². The van der Waals surface area contributed by atoms with E-state index in [9.17, 15) is 9.50 Å². The maximum atomic E-state index is 14.0. The van der Waals surface area contributed by atoms with E-state index in [1.165, 1.54) is 17.2 Å². The Hall–Kier alpha value is -2.70. The van der Waals surface area contributed by atoms with Crippen LogP contribution < -0.4 is 10.2 Å². The molecule has 0 bridgehead atoms. The third-order valence-corrected chi connectivity index (χ3v) is 5.62. The largest absolute Gasteiger partial charge is 0.395 e. The Morgan fingerprint density at radius 1 is 1.30 bits per heavy atom. The molecule has 0 spiro atoms. The second kappa shape index (κ2) is 6.18. The van der Waals surface area contributed by atoms with Crippen LogP contribution >= 0.6 is 0 Å². The lowest BCUT2D eigenvalue weighted by atomic mass is 9.95. The fourth-order valence-corrected chi connectivity index (χ4v) is 4.32. The summed E-state index contributed by atoms with van der Waals surface area (Å²) in [5.41, 5.74) is 7.17. The van der Waals surface area contributed by atoms with E-state index in [0.29, 0.717) is 6.54 Å². The van der Waals surface area contributed by atoms with Crippen LogP contribution in [0.2, 0.25) is 0 Å². The minimum Gasteiger partial charge on any atom is -0.395 e. The van der Waals surface area contributed by atoms with Crippen molar-refractivity contribution in [2.45, 2.75) is 19.0 Å². The van der Waals surface area contributed by atoms with Crippen LogP contribution in [0.3, 0.4) is 0 Å². The second-order valence-electron chi connectivity index (χ2n) is 7.30. The zero-order chi connectivity index (χ0) is 18.5. The first-order chi connectivity index (χ1) is 13.2. The average molecular weight is 364 g/mol. The van der Waals surface area contributed by atoms with Gasteiger partial charge >= 0.3 is 0 Å². The standard InChI is InChI=1S/C21H21FN4O/c1-26-10-17-19-15(16-9-13(22)2-3-18(16)26)5-7-24-21(19)25-20(17)12-4-6-23-14(8-12)11-27/h2-5,7,9,14,23,27H,6,8,10-11H2,1H3,(H,24,25)/t14-/m1/s1. The summed E-state index contributed by atoms with van der Waals surface area (Å²) in [6, 6.07) is 6.99. The van der Waals surface area contributed by atoms with Gasteiger partial charge in [-0.15, -0.1) is 0 Å². The van der Waals surface area contributed by atoms with E-state index in [2.05, 4.69) is 26.3 Å². The summed E-state index contributed by atoms with van der Waals surface area (Å²) in [5, 5.41) is 13.9. The first kappa shape index (κ1) is 16.5. The van der Waals surface area contributed by atoms with E-state index in [0.717, 1.165) is 46.5 Å². The smallest absolute Gasteiger partial charge is 0.138 e. The fraction of sp³-hybridized carbons (Fsp3) is 0.286. The average Bonchev–Trinajstić information content (AvgIpc) is 3.00. The third kappa shape index (κ3) is 2.56. The number of aliphatic hydroxyl groups is 1. The molecule has 0 radical (unpaired) electrons. The summed E-state index contributed by atoms with van der Waals surface area (Å²) in [5.74, 6) is -0.238. The molecule has 1 atom stereocenters. The number of rotatable bonds is 2. The van der Waals surface area contributed by atoms with Crippen LogP contribution in [0.5, 0.6) is 0 Å². The summed E-state index contributed by atoms with van der Waals surface area (Å²) >= 11 is 0. The fourth-order valence-electron chi connectivity index (χ4n) is 4.32. The zero-order valence-corrected chi connectivity index (χ0v) is 15.1. The van der Waals surface area contributed by atoms with Gasteiger partial charge in [0, 0.05) is 60.3 Å². The number of hydrogen-bond acceptors (Lipinski definition) is 4. The van der Waals surface area contributed by atoms with E-state index in [4.69, 9.17) is 0 Å². The Labute approximate surface area is 156 Å². The van der Waals surface area contributed by atoms with Crippen molar-refractivity contribution in [2.24, 2.45) is 0 Å². The summed E-state index contributed by atoms with van der Waals surface area (Å²) < 4.78 is 14.0. The number of nitrogens with zero attached hydrogens (tertiary/aromatic N) is 2. The molecule has 2 aliphatic heterocycles. The van der Waals surface area contributed by atoms with Gasteiger partial charge in [-0.1, -0.05) is 6.08 Å². The van der Waals surface area contributed by atoms with E-state index in [1.54, 1.807) is 12.3 Å². The molecule has 3 aromatic rings. The monoisotopic (exact) mass is 364 g/mol. The molecule has 0 unspecified atom stereocenters. The van der Waals surface area contributed by atoms with E-state index in [1.807, 2.05) is 19.2 Å². The van der Waals surface area contributed by atoms with Gasteiger partial charge in [-0.25, -0.2) is 9.37 Å². The predicted molar refractivity (Wildman–Crippen MR) is 105 cm³/mol. The van der Waals surface area contributed by atoms with Crippen molar-refractivity contribution in [1.29, 1.82) is 0 Å². The number of fused-ring (bicyclic) bond motifs is 2. The summed E-state index contributed by atoms with van der Waals surface area (Å²) in [7, 11) is 2.03. The highest BCUT2D eigenvalue weighted by Crippen LogP contribution is 2.43. The molecule has 5 rings (SSSR count). The SMILES string of the molecule is CN1Cc2c(C3=CCN[C@@H](CO)C3)[nH]c3nccc(c23)-c2cc(F)ccc21. The number of aromatic amines is 1. The van der Waals surface area contributed by atoms with Crippen LogP contribution in [0.1, 0.15) is 17.7 Å². The molecule has 5 nitrogen and oxygen atoms in total. The maximum absolute atomic E-state index is 14.0. The molecule has 4 heterocycles. The van der Waals surface area contributed by atoms with Gasteiger partial charge in [0.05, 0.1) is 6.61 Å². The number of H-pyrrole nitrogens is 1. The Bertz CT molecular complexity index is 1070. The van der Waals surface area contributed by atoms with Gasteiger partial charge in [-0.2, -0.15) is 0 Å². The first-order valence-electron chi connectivity index (χ1n) is 9.20. The molecule has 0 saturated heterocycles. The minimum atomic E-state index is -0.238. The molecule has 0 fully saturated rings. The molecule has 0 amide bonds. The van der Waals surface area contributed by atoms with Gasteiger partial charge in [0.1, 0.15) is 11.5 Å². The van der Waals surface area contributed by atoms with Crippen molar-refractivity contribution >= 4 is 22.3 Å². The molecule has 138 valence electrons. The lowest BCUT2D eigenvalue weighted by molar-refractivity contribution is 0.245. The molecular weight excluding hydrogens is 343 g/mol. The van der Waals surface area contributed by atoms with Crippen molar-refractivity contribution in [3.8, 4) is 11.1 Å². The molecule has 27 heavy (non-hydrogen) atoms. The molecule has 3 N–H and O–H groups in total. The number of benzene rings is 1. The number of pyridine rings is 1. The van der Waals surface area contributed by atoms with Crippen LogP contribution in [0.4, 0.5) is 10.1 Å². The highest BCUT2D eigenvalue weighted by molar-refractivity contribution is 6.02. The molecule has 2 aliphatic rings. The summed E-state index contributed by atoms with van der Waals surface area (Å²) in [4.78, 5) is 10.2. The number of aromatic nitrogens is 2. The number of aliphatic hydroxyl groups excluding tert-OH is 1. The Morgan fingerprint density at radius 2 is 2.19 bits per heavy atom. The lowest BCUT2D eigenvalue weighted by Gasteiger charge is -2.24. The first-order valence-corrected chi connectivity index (χ1v) is 9.20. The quantitative estimate of drug-likeness (QED) is 0.654. The van der Waals surface area contributed by atoms with Gasteiger partial charge in [0.2, 0.25) is 0 Å². The predicted octanol–water partition coefficient (Wildman–Crippen LogP) is 3.06. The van der Waals surface area contributed by atoms with Gasteiger partial charge in [-0.3, -0.25) is 0 Å². The highest BCUT2D eigenvalue weighted by Gasteiger charge is 2.27. The molecular formula is C21H21FN4O. The Kier molecular flexibility index (Phi) is 3.77. The van der Waals surface area contributed by atoms with E-state index in [-0.39, 0.29) is 18.5 Å².